The van der Waals surface area contributed by atoms with E-state index < -0.39 is 22.5 Å². The fourth-order valence-corrected chi connectivity index (χ4v) is 1.84. The van der Waals surface area contributed by atoms with E-state index >= 15 is 0 Å². The summed E-state index contributed by atoms with van der Waals surface area (Å²) in [6, 6.07) is 2.52. The van der Waals surface area contributed by atoms with E-state index in [2.05, 4.69) is 10.2 Å². The Morgan fingerprint density at radius 3 is 2.83 bits per heavy atom. The number of hydrogen-bond acceptors (Lipinski definition) is 8. The molecule has 0 unspecified atom stereocenters. The average Bonchev–Trinajstić information content (AvgIpc) is 3.12. The van der Waals surface area contributed by atoms with Crippen molar-refractivity contribution in [1.82, 2.24) is 14.5 Å². The lowest BCUT2D eigenvalue weighted by atomic mass is 10.5. The lowest BCUT2D eigenvalue weighted by Crippen LogP contribution is -2.27. The summed E-state index contributed by atoms with van der Waals surface area (Å²) < 4.78 is 11.6. The molecule has 0 bridgehead atoms. The Kier molecular flexibility index (Phi) is 5.24. The average molecular weight is 337 g/mol. The van der Waals surface area contributed by atoms with Crippen LogP contribution >= 0.6 is 0 Å². The largest absolute Gasteiger partial charge is 0.465 e. The van der Waals surface area contributed by atoms with Crippen LogP contribution in [0.4, 0.5) is 5.88 Å². The monoisotopic (exact) mass is 337 g/mol. The SMILES string of the molecule is CCOC(=O)Cn1nc(CC)n(/N=C/c2ccc([N+](=O)[O-])o2)c1=O. The van der Waals surface area contributed by atoms with Gasteiger partial charge in [-0.1, -0.05) is 6.92 Å². The van der Waals surface area contributed by atoms with E-state index in [9.17, 15) is 19.7 Å². The van der Waals surface area contributed by atoms with Gasteiger partial charge in [0.05, 0.1) is 18.9 Å². The lowest BCUT2D eigenvalue weighted by Gasteiger charge is -1.99. The van der Waals surface area contributed by atoms with E-state index in [1.54, 1.807) is 13.8 Å². The van der Waals surface area contributed by atoms with E-state index in [-0.39, 0.29) is 18.9 Å². The van der Waals surface area contributed by atoms with Crippen LogP contribution in [-0.4, -0.2) is 38.2 Å². The minimum absolute atomic E-state index is 0.105. The maximum absolute atomic E-state index is 12.2. The fourth-order valence-electron chi connectivity index (χ4n) is 1.84. The molecule has 2 aromatic heterocycles. The summed E-state index contributed by atoms with van der Waals surface area (Å²) in [4.78, 5) is 33.6. The van der Waals surface area contributed by atoms with Gasteiger partial charge in [-0.25, -0.2) is 9.48 Å². The van der Waals surface area contributed by atoms with Crippen LogP contribution in [0.15, 0.2) is 26.4 Å². The highest BCUT2D eigenvalue weighted by Gasteiger charge is 2.15. The Morgan fingerprint density at radius 2 is 2.25 bits per heavy atom. The van der Waals surface area contributed by atoms with Crippen molar-refractivity contribution in [3.63, 3.8) is 0 Å². The number of carbonyl (C=O) groups excluding carboxylic acids is 1. The number of nitrogens with zero attached hydrogens (tertiary/aromatic N) is 5. The summed E-state index contributed by atoms with van der Waals surface area (Å²) in [6.45, 7) is 3.29. The highest BCUT2D eigenvalue weighted by atomic mass is 16.6. The summed E-state index contributed by atoms with van der Waals surface area (Å²) in [7, 11) is 0. The number of esters is 1. The Labute approximate surface area is 135 Å². The number of aryl methyl sites for hydroxylation is 1. The van der Waals surface area contributed by atoms with Crippen LogP contribution in [0, 0.1) is 10.1 Å². The van der Waals surface area contributed by atoms with Gasteiger partial charge in [-0.2, -0.15) is 14.9 Å². The van der Waals surface area contributed by atoms with E-state index in [4.69, 9.17) is 9.15 Å². The zero-order valence-electron chi connectivity index (χ0n) is 13.0. The van der Waals surface area contributed by atoms with Crippen molar-refractivity contribution in [3.8, 4) is 0 Å². The van der Waals surface area contributed by atoms with Gasteiger partial charge in [0, 0.05) is 6.42 Å². The predicted octanol–water partition coefficient (Wildman–Crippen LogP) is 0.554. The molecule has 0 radical (unpaired) electrons. The number of furan rings is 1. The molecule has 128 valence electrons. The van der Waals surface area contributed by atoms with Crippen LogP contribution in [0.3, 0.4) is 0 Å². The summed E-state index contributed by atoms with van der Waals surface area (Å²) >= 11 is 0. The van der Waals surface area contributed by atoms with Crippen LogP contribution < -0.4 is 5.69 Å². The van der Waals surface area contributed by atoms with Crippen molar-refractivity contribution in [2.75, 3.05) is 6.61 Å². The van der Waals surface area contributed by atoms with E-state index in [1.807, 2.05) is 0 Å². The molecule has 0 aromatic carbocycles. The molecule has 2 aromatic rings. The Morgan fingerprint density at radius 1 is 1.50 bits per heavy atom. The van der Waals surface area contributed by atoms with Gasteiger partial charge in [0.2, 0.25) is 0 Å². The van der Waals surface area contributed by atoms with Crippen molar-refractivity contribution >= 4 is 18.1 Å². The number of aromatic nitrogens is 3. The van der Waals surface area contributed by atoms with Crippen molar-refractivity contribution < 1.29 is 18.9 Å². The smallest absolute Gasteiger partial charge is 0.433 e. The van der Waals surface area contributed by atoms with E-state index in [0.29, 0.717) is 12.2 Å². The van der Waals surface area contributed by atoms with Crippen LogP contribution in [0.2, 0.25) is 0 Å². The molecule has 0 saturated carbocycles. The van der Waals surface area contributed by atoms with Gasteiger partial charge in [-0.05, 0) is 13.0 Å². The highest BCUT2D eigenvalue weighted by Crippen LogP contribution is 2.13. The summed E-state index contributed by atoms with van der Waals surface area (Å²) in [6.07, 6.45) is 1.55. The molecule has 0 aliphatic rings. The van der Waals surface area contributed by atoms with Gasteiger partial charge in [-0.3, -0.25) is 14.9 Å². The molecule has 0 atom stereocenters. The summed E-state index contributed by atoms with van der Waals surface area (Å²) in [5.41, 5.74) is -0.628. The standard InChI is InChI=1S/C13H15N5O6/c1-3-10-15-16(8-12(19)23-4-2)13(20)17(10)14-7-9-5-6-11(24-9)18(21)22/h5-7H,3-4,8H2,1-2H3/b14-7+. The van der Waals surface area contributed by atoms with Gasteiger partial charge >= 0.3 is 17.5 Å². The predicted molar refractivity (Wildman–Crippen MR) is 80.9 cm³/mol. The molecule has 0 amide bonds. The Hall–Kier alpha value is -3.24. The lowest BCUT2D eigenvalue weighted by molar-refractivity contribution is -0.402. The number of rotatable bonds is 7. The molecule has 0 spiro atoms. The molecular formula is C13H15N5O6. The third-order valence-corrected chi connectivity index (χ3v) is 2.88. The van der Waals surface area contributed by atoms with Crippen LogP contribution in [0.25, 0.3) is 0 Å². The molecule has 11 nitrogen and oxygen atoms in total. The minimum atomic E-state index is -0.682. The molecule has 24 heavy (non-hydrogen) atoms. The van der Waals surface area contributed by atoms with Gasteiger partial charge in [-0.15, -0.1) is 0 Å². The van der Waals surface area contributed by atoms with Crippen LogP contribution in [0.1, 0.15) is 25.4 Å². The maximum atomic E-state index is 12.2. The van der Waals surface area contributed by atoms with E-state index in [0.717, 1.165) is 15.6 Å². The Bertz CT molecular complexity index is 830. The van der Waals surface area contributed by atoms with Crippen molar-refractivity contribution in [1.29, 1.82) is 0 Å². The number of nitro groups is 1. The molecule has 0 N–H and O–H groups in total. The fraction of sp³-hybridized carbons (Fsp3) is 0.385. The normalized spacial score (nSPS) is 11.1. The number of ether oxygens (including phenoxy) is 1. The van der Waals surface area contributed by atoms with Gasteiger partial charge in [0.25, 0.3) is 0 Å². The zero-order valence-corrected chi connectivity index (χ0v) is 13.0. The number of hydrogen-bond donors (Lipinski definition) is 0. The molecule has 0 aliphatic carbocycles. The molecule has 0 fully saturated rings. The first-order valence-electron chi connectivity index (χ1n) is 7.09. The van der Waals surface area contributed by atoms with Crippen LogP contribution in [0.5, 0.6) is 0 Å². The maximum Gasteiger partial charge on any atom is 0.433 e. The highest BCUT2D eigenvalue weighted by molar-refractivity contribution is 5.76. The Balaban J connectivity index is 2.27. The number of carbonyl (C=O) groups is 1. The first-order valence-corrected chi connectivity index (χ1v) is 7.09. The summed E-state index contributed by atoms with van der Waals surface area (Å²) in [5.74, 6) is -0.592. The first-order chi connectivity index (χ1) is 11.5. The van der Waals surface area contributed by atoms with Crippen molar-refractivity contribution in [3.05, 3.63) is 44.3 Å². The topological polar surface area (TPSA) is 135 Å². The second-order valence-electron chi connectivity index (χ2n) is 4.50. The van der Waals surface area contributed by atoms with Crippen molar-refractivity contribution in [2.24, 2.45) is 5.10 Å². The molecule has 0 saturated heterocycles. The summed E-state index contributed by atoms with van der Waals surface area (Å²) in [5, 5.41) is 18.5. The third kappa shape index (κ3) is 3.74. The molecule has 0 aliphatic heterocycles. The second kappa shape index (κ2) is 7.35. The second-order valence-corrected chi connectivity index (χ2v) is 4.50. The third-order valence-electron chi connectivity index (χ3n) is 2.88. The van der Waals surface area contributed by atoms with Gasteiger partial charge < -0.3 is 9.15 Å². The zero-order chi connectivity index (χ0) is 17.7. The quantitative estimate of drug-likeness (QED) is 0.311. The first kappa shape index (κ1) is 17.1. The molecular weight excluding hydrogens is 322 g/mol. The minimum Gasteiger partial charge on any atom is -0.465 e. The van der Waals surface area contributed by atoms with E-state index in [1.165, 1.54) is 12.1 Å². The van der Waals surface area contributed by atoms with Gasteiger partial charge in [0.15, 0.2) is 11.6 Å². The van der Waals surface area contributed by atoms with Crippen molar-refractivity contribution in [2.45, 2.75) is 26.8 Å². The van der Waals surface area contributed by atoms with Crippen LogP contribution in [-0.2, 0) is 22.5 Å². The van der Waals surface area contributed by atoms with Gasteiger partial charge in [0.1, 0.15) is 11.5 Å². The molecule has 2 heterocycles. The molecule has 2 rings (SSSR count). The molecule has 11 heteroatoms.